The molecule has 0 bridgehead atoms. The Balaban J connectivity index is 2.04. The molecule has 0 radical (unpaired) electrons. The highest BCUT2D eigenvalue weighted by molar-refractivity contribution is 8.00. The van der Waals surface area contributed by atoms with Crippen LogP contribution in [0.5, 0.6) is 0 Å². The van der Waals surface area contributed by atoms with Gasteiger partial charge >= 0.3 is 0 Å². The van der Waals surface area contributed by atoms with Crippen LogP contribution in [0.3, 0.4) is 0 Å². The van der Waals surface area contributed by atoms with E-state index in [1.807, 2.05) is 23.9 Å². The van der Waals surface area contributed by atoms with E-state index in [1.54, 1.807) is 0 Å². The van der Waals surface area contributed by atoms with Crippen molar-refractivity contribution < 1.29 is 0 Å². The van der Waals surface area contributed by atoms with Gasteiger partial charge in [-0.2, -0.15) is 0 Å². The number of benzene rings is 1. The molecule has 0 amide bonds. The molecule has 1 aliphatic carbocycles. The molecule has 0 saturated heterocycles. The summed E-state index contributed by atoms with van der Waals surface area (Å²) in [5.41, 5.74) is 0. The Morgan fingerprint density at radius 3 is 2.89 bits per heavy atom. The Morgan fingerprint density at radius 1 is 1.39 bits per heavy atom. The summed E-state index contributed by atoms with van der Waals surface area (Å²) in [6.07, 6.45) is 5.30. The summed E-state index contributed by atoms with van der Waals surface area (Å²) in [5, 5.41) is 4.99. The van der Waals surface area contributed by atoms with Gasteiger partial charge in [0, 0.05) is 21.2 Å². The minimum absolute atomic E-state index is 0.636. The lowest BCUT2D eigenvalue weighted by molar-refractivity contribution is 0.304. The first-order valence-electron chi connectivity index (χ1n) is 6.82. The van der Waals surface area contributed by atoms with Crippen LogP contribution < -0.4 is 5.32 Å². The second kappa shape index (κ2) is 6.83. The second-order valence-corrected chi connectivity index (χ2v) is 6.85. The zero-order valence-electron chi connectivity index (χ0n) is 11.2. The fraction of sp³-hybridized carbons (Fsp3) is 0.600. The van der Waals surface area contributed by atoms with Crippen LogP contribution in [0.25, 0.3) is 0 Å². The molecule has 18 heavy (non-hydrogen) atoms. The molecule has 1 saturated carbocycles. The number of thioether (sulfide) groups is 1. The first kappa shape index (κ1) is 14.2. The molecule has 1 aromatic carbocycles. The number of halogens is 1. The summed E-state index contributed by atoms with van der Waals surface area (Å²) in [6.45, 7) is 2.31. The zero-order valence-corrected chi connectivity index (χ0v) is 12.7. The van der Waals surface area contributed by atoms with Crippen LogP contribution in [-0.2, 0) is 0 Å². The van der Waals surface area contributed by atoms with Crippen LogP contribution in [0, 0.1) is 5.92 Å². The highest BCUT2D eigenvalue weighted by Crippen LogP contribution is 2.38. The van der Waals surface area contributed by atoms with Gasteiger partial charge in [0.05, 0.1) is 0 Å². The van der Waals surface area contributed by atoms with Crippen LogP contribution in [0.2, 0.25) is 5.02 Å². The van der Waals surface area contributed by atoms with Gasteiger partial charge in [-0.15, -0.1) is 11.8 Å². The summed E-state index contributed by atoms with van der Waals surface area (Å²) in [5.74, 6) is 0.895. The molecule has 1 nitrogen and oxygen atoms in total. The standard InChI is InChI=1S/C15H22ClNS/c1-3-11-7-8-14(17-2)15(9-11)18-13-6-4-5-12(16)10-13/h4-6,10-11,14-15,17H,3,7-9H2,1-2H3. The summed E-state index contributed by atoms with van der Waals surface area (Å²) in [4.78, 5) is 1.30. The van der Waals surface area contributed by atoms with Crippen molar-refractivity contribution in [2.45, 2.75) is 48.8 Å². The van der Waals surface area contributed by atoms with Gasteiger partial charge in [0.2, 0.25) is 0 Å². The molecule has 1 aromatic rings. The number of nitrogens with one attached hydrogen (secondary N) is 1. The smallest absolute Gasteiger partial charge is 0.0417 e. The van der Waals surface area contributed by atoms with Crippen LogP contribution in [-0.4, -0.2) is 18.3 Å². The van der Waals surface area contributed by atoms with Crippen molar-refractivity contribution in [3.05, 3.63) is 29.3 Å². The first-order valence-corrected chi connectivity index (χ1v) is 8.08. The van der Waals surface area contributed by atoms with Crippen molar-refractivity contribution in [3.63, 3.8) is 0 Å². The van der Waals surface area contributed by atoms with E-state index in [1.165, 1.54) is 30.6 Å². The molecule has 1 aliphatic rings. The van der Waals surface area contributed by atoms with E-state index in [0.29, 0.717) is 11.3 Å². The van der Waals surface area contributed by atoms with E-state index in [0.717, 1.165) is 10.9 Å². The normalized spacial score (nSPS) is 28.3. The SMILES string of the molecule is CCC1CCC(NC)C(Sc2cccc(Cl)c2)C1. The van der Waals surface area contributed by atoms with Gasteiger partial charge in [-0.1, -0.05) is 31.0 Å². The Bertz CT molecular complexity index is 383. The predicted octanol–water partition coefficient (Wildman–Crippen LogP) is 4.60. The number of hydrogen-bond acceptors (Lipinski definition) is 2. The molecular weight excluding hydrogens is 262 g/mol. The van der Waals surface area contributed by atoms with Crippen LogP contribution in [0.1, 0.15) is 32.6 Å². The third kappa shape index (κ3) is 3.66. The molecule has 3 heteroatoms. The summed E-state index contributed by atoms with van der Waals surface area (Å²) in [6, 6.07) is 8.86. The van der Waals surface area contributed by atoms with E-state index in [2.05, 4.69) is 31.4 Å². The maximum atomic E-state index is 6.06. The molecule has 0 aromatic heterocycles. The van der Waals surface area contributed by atoms with Crippen molar-refractivity contribution >= 4 is 23.4 Å². The lowest BCUT2D eigenvalue weighted by Gasteiger charge is -2.35. The third-order valence-corrected chi connectivity index (χ3v) is 5.52. The zero-order chi connectivity index (χ0) is 13.0. The summed E-state index contributed by atoms with van der Waals surface area (Å²) < 4.78 is 0. The predicted molar refractivity (Wildman–Crippen MR) is 81.6 cm³/mol. The maximum Gasteiger partial charge on any atom is 0.0417 e. The fourth-order valence-corrected chi connectivity index (χ4v) is 4.52. The van der Waals surface area contributed by atoms with E-state index < -0.39 is 0 Å². The van der Waals surface area contributed by atoms with Gasteiger partial charge < -0.3 is 5.32 Å². The highest BCUT2D eigenvalue weighted by Gasteiger charge is 2.29. The highest BCUT2D eigenvalue weighted by atomic mass is 35.5. The van der Waals surface area contributed by atoms with Crippen molar-refractivity contribution in [2.24, 2.45) is 5.92 Å². The molecule has 3 atom stereocenters. The van der Waals surface area contributed by atoms with Crippen molar-refractivity contribution in [2.75, 3.05) is 7.05 Å². The van der Waals surface area contributed by atoms with Crippen LogP contribution in [0.4, 0.5) is 0 Å². The molecule has 1 N–H and O–H groups in total. The summed E-state index contributed by atoms with van der Waals surface area (Å²) in [7, 11) is 2.09. The van der Waals surface area contributed by atoms with Crippen LogP contribution >= 0.6 is 23.4 Å². The minimum Gasteiger partial charge on any atom is -0.316 e. The molecule has 0 spiro atoms. The Hall–Kier alpha value is -0.180. The van der Waals surface area contributed by atoms with Crippen molar-refractivity contribution in [3.8, 4) is 0 Å². The van der Waals surface area contributed by atoms with E-state index in [-0.39, 0.29) is 0 Å². The van der Waals surface area contributed by atoms with E-state index >= 15 is 0 Å². The first-order chi connectivity index (χ1) is 8.72. The maximum absolute atomic E-state index is 6.06. The molecule has 0 heterocycles. The monoisotopic (exact) mass is 283 g/mol. The molecule has 2 rings (SSSR count). The fourth-order valence-electron chi connectivity index (χ4n) is 2.76. The van der Waals surface area contributed by atoms with Gasteiger partial charge in [-0.3, -0.25) is 0 Å². The number of rotatable bonds is 4. The van der Waals surface area contributed by atoms with E-state index in [4.69, 9.17) is 11.6 Å². The minimum atomic E-state index is 0.636. The van der Waals surface area contributed by atoms with Gasteiger partial charge in [-0.25, -0.2) is 0 Å². The summed E-state index contributed by atoms with van der Waals surface area (Å²) >= 11 is 8.04. The Kier molecular flexibility index (Phi) is 5.40. The average Bonchev–Trinajstić information content (AvgIpc) is 2.38. The van der Waals surface area contributed by atoms with Crippen molar-refractivity contribution in [1.29, 1.82) is 0 Å². The van der Waals surface area contributed by atoms with Gasteiger partial charge in [0.25, 0.3) is 0 Å². The lowest BCUT2D eigenvalue weighted by Crippen LogP contribution is -2.40. The number of hydrogen-bond donors (Lipinski definition) is 1. The second-order valence-electron chi connectivity index (χ2n) is 5.10. The molecule has 100 valence electrons. The Morgan fingerprint density at radius 2 is 2.22 bits per heavy atom. The van der Waals surface area contributed by atoms with E-state index in [9.17, 15) is 0 Å². The Labute approximate surface area is 120 Å². The van der Waals surface area contributed by atoms with Gasteiger partial charge in [0.1, 0.15) is 0 Å². The average molecular weight is 284 g/mol. The third-order valence-electron chi connectivity index (χ3n) is 3.93. The quantitative estimate of drug-likeness (QED) is 0.867. The molecular formula is C15H22ClNS. The molecule has 0 aliphatic heterocycles. The largest absolute Gasteiger partial charge is 0.316 e. The van der Waals surface area contributed by atoms with Gasteiger partial charge in [-0.05, 0) is 50.4 Å². The van der Waals surface area contributed by atoms with Crippen LogP contribution in [0.15, 0.2) is 29.2 Å². The molecule has 1 fully saturated rings. The topological polar surface area (TPSA) is 12.0 Å². The van der Waals surface area contributed by atoms with Crippen molar-refractivity contribution in [1.82, 2.24) is 5.32 Å². The molecule has 3 unspecified atom stereocenters. The van der Waals surface area contributed by atoms with Gasteiger partial charge in [0.15, 0.2) is 0 Å². The lowest BCUT2D eigenvalue weighted by atomic mass is 9.84.